The molecule has 0 aliphatic carbocycles. The second kappa shape index (κ2) is 5.70. The van der Waals surface area contributed by atoms with Crippen molar-refractivity contribution in [3.8, 4) is 5.75 Å². The second-order valence-corrected chi connectivity index (χ2v) is 6.64. The molecule has 1 saturated heterocycles. The minimum absolute atomic E-state index is 0.135. The maximum Gasteiger partial charge on any atom is 0.488 e. The summed E-state index contributed by atoms with van der Waals surface area (Å²) in [6, 6.07) is 4.66. The Kier molecular flexibility index (Phi) is 4.35. The highest BCUT2D eigenvalue weighted by molar-refractivity contribution is 7.86. The standard InChI is InChI=1S/C11H17BN2O5S/c1-13-5-6-14(20(13,17)18)8-9-7-10(12(15)16)3-4-11(9)19-2/h3-4,7,15-16H,5-6,8H2,1-2H3. The first-order valence-corrected chi connectivity index (χ1v) is 7.50. The molecule has 0 bridgehead atoms. The third kappa shape index (κ3) is 2.81. The molecule has 2 N–H and O–H groups in total. The fourth-order valence-electron chi connectivity index (χ4n) is 2.11. The van der Waals surface area contributed by atoms with E-state index >= 15 is 0 Å². The van der Waals surface area contributed by atoms with Gasteiger partial charge in [-0.2, -0.15) is 17.0 Å². The van der Waals surface area contributed by atoms with Crippen molar-refractivity contribution in [1.29, 1.82) is 0 Å². The molecule has 9 heteroatoms. The topological polar surface area (TPSA) is 90.3 Å². The molecule has 0 spiro atoms. The maximum atomic E-state index is 12.0. The molecule has 1 aromatic rings. The van der Waals surface area contributed by atoms with E-state index in [0.717, 1.165) is 0 Å². The Morgan fingerprint density at radius 1 is 1.35 bits per heavy atom. The van der Waals surface area contributed by atoms with Gasteiger partial charge in [0.05, 0.1) is 7.11 Å². The van der Waals surface area contributed by atoms with Gasteiger partial charge in [-0.05, 0) is 11.5 Å². The number of rotatable bonds is 4. The zero-order valence-corrected chi connectivity index (χ0v) is 12.2. The van der Waals surface area contributed by atoms with Gasteiger partial charge < -0.3 is 14.8 Å². The molecule has 1 aromatic carbocycles. The zero-order chi connectivity index (χ0) is 14.9. The van der Waals surface area contributed by atoms with E-state index in [2.05, 4.69) is 0 Å². The molecule has 2 rings (SSSR count). The molecule has 110 valence electrons. The first-order chi connectivity index (χ1) is 9.36. The average Bonchev–Trinajstić information content (AvgIpc) is 2.65. The Morgan fingerprint density at radius 2 is 2.05 bits per heavy atom. The SMILES string of the molecule is COc1ccc(B(O)O)cc1CN1CCN(C)S1(=O)=O. The number of benzene rings is 1. The molecule has 0 radical (unpaired) electrons. The van der Waals surface area contributed by atoms with Crippen molar-refractivity contribution >= 4 is 22.8 Å². The number of likely N-dealkylation sites (N-methyl/N-ethyl adjacent to an activating group) is 1. The van der Waals surface area contributed by atoms with Crippen molar-refractivity contribution in [3.63, 3.8) is 0 Å². The van der Waals surface area contributed by atoms with Crippen molar-refractivity contribution in [2.45, 2.75) is 6.54 Å². The van der Waals surface area contributed by atoms with E-state index in [1.54, 1.807) is 6.07 Å². The van der Waals surface area contributed by atoms with Crippen LogP contribution >= 0.6 is 0 Å². The summed E-state index contributed by atoms with van der Waals surface area (Å²) >= 11 is 0. The summed E-state index contributed by atoms with van der Waals surface area (Å²) in [5, 5.41) is 18.4. The normalized spacial score (nSPS) is 19.2. The molecule has 0 unspecified atom stereocenters. The summed E-state index contributed by atoms with van der Waals surface area (Å²) in [5.74, 6) is 0.513. The molecule has 0 amide bonds. The average molecular weight is 300 g/mol. The summed E-state index contributed by atoms with van der Waals surface area (Å²) in [5.41, 5.74) is 0.891. The molecule has 0 atom stereocenters. The fraction of sp³-hybridized carbons (Fsp3) is 0.455. The number of methoxy groups -OCH3 is 1. The van der Waals surface area contributed by atoms with Crippen LogP contribution in [0.5, 0.6) is 5.75 Å². The largest absolute Gasteiger partial charge is 0.496 e. The van der Waals surface area contributed by atoms with Crippen LogP contribution in [0.4, 0.5) is 0 Å². The molecule has 20 heavy (non-hydrogen) atoms. The number of hydrogen-bond donors (Lipinski definition) is 2. The first-order valence-electron chi connectivity index (χ1n) is 6.10. The molecule has 0 saturated carbocycles. The quantitative estimate of drug-likeness (QED) is 0.651. The molecule has 1 aliphatic rings. The van der Waals surface area contributed by atoms with Gasteiger partial charge in [-0.25, -0.2) is 0 Å². The van der Waals surface area contributed by atoms with Gasteiger partial charge in [0, 0.05) is 32.2 Å². The minimum atomic E-state index is -3.44. The molecule has 1 aliphatic heterocycles. The predicted octanol–water partition coefficient (Wildman–Crippen LogP) is -1.63. The highest BCUT2D eigenvalue weighted by atomic mass is 32.2. The Balaban J connectivity index is 2.31. The van der Waals surface area contributed by atoms with E-state index < -0.39 is 17.3 Å². The smallest absolute Gasteiger partial charge is 0.488 e. The molecule has 7 nitrogen and oxygen atoms in total. The summed E-state index contributed by atoms with van der Waals surface area (Å²) in [7, 11) is -2.02. The number of ether oxygens (including phenoxy) is 1. The highest BCUT2D eigenvalue weighted by Crippen LogP contribution is 2.23. The van der Waals surface area contributed by atoms with Crippen LogP contribution in [0.15, 0.2) is 18.2 Å². The second-order valence-electron chi connectivity index (χ2n) is 4.61. The monoisotopic (exact) mass is 300 g/mol. The molecular weight excluding hydrogens is 283 g/mol. The van der Waals surface area contributed by atoms with Crippen molar-refractivity contribution in [2.75, 3.05) is 27.2 Å². The van der Waals surface area contributed by atoms with E-state index in [9.17, 15) is 18.5 Å². The van der Waals surface area contributed by atoms with Crippen LogP contribution in [0.25, 0.3) is 0 Å². The third-order valence-electron chi connectivity index (χ3n) is 3.33. The Labute approximate surface area is 118 Å². The molecular formula is C11H17BN2O5S. The lowest BCUT2D eigenvalue weighted by atomic mass is 9.79. The highest BCUT2D eigenvalue weighted by Gasteiger charge is 2.34. The van der Waals surface area contributed by atoms with Crippen LogP contribution in [0.1, 0.15) is 5.56 Å². The molecule has 1 fully saturated rings. The van der Waals surface area contributed by atoms with E-state index in [1.807, 2.05) is 0 Å². The summed E-state index contributed by atoms with van der Waals surface area (Å²) in [4.78, 5) is 0. The minimum Gasteiger partial charge on any atom is -0.496 e. The van der Waals surface area contributed by atoms with Crippen molar-refractivity contribution < 1.29 is 23.2 Å². The summed E-state index contributed by atoms with van der Waals surface area (Å²) in [6.07, 6.45) is 0. The van der Waals surface area contributed by atoms with Gasteiger partial charge in [0.25, 0.3) is 10.2 Å². The number of nitrogens with zero attached hydrogens (tertiary/aromatic N) is 2. The van der Waals surface area contributed by atoms with Crippen molar-refractivity contribution in [3.05, 3.63) is 23.8 Å². The predicted molar refractivity (Wildman–Crippen MR) is 74.8 cm³/mol. The Hall–Kier alpha value is -1.13. The van der Waals surface area contributed by atoms with Crippen LogP contribution in [-0.2, 0) is 16.8 Å². The van der Waals surface area contributed by atoms with Gasteiger partial charge in [-0.3, -0.25) is 0 Å². The van der Waals surface area contributed by atoms with E-state index in [1.165, 1.54) is 34.9 Å². The van der Waals surface area contributed by atoms with Crippen LogP contribution in [-0.4, -0.2) is 61.4 Å². The van der Waals surface area contributed by atoms with Crippen LogP contribution in [0, 0.1) is 0 Å². The maximum absolute atomic E-state index is 12.0. The third-order valence-corrected chi connectivity index (χ3v) is 5.27. The van der Waals surface area contributed by atoms with Gasteiger partial charge in [-0.15, -0.1) is 0 Å². The van der Waals surface area contributed by atoms with Gasteiger partial charge in [0.1, 0.15) is 5.75 Å². The molecule has 0 aromatic heterocycles. The lowest BCUT2D eigenvalue weighted by Gasteiger charge is -2.18. The van der Waals surface area contributed by atoms with Crippen LogP contribution in [0.2, 0.25) is 0 Å². The fourth-order valence-corrected chi connectivity index (χ4v) is 3.43. The van der Waals surface area contributed by atoms with Crippen LogP contribution in [0.3, 0.4) is 0 Å². The summed E-state index contributed by atoms with van der Waals surface area (Å²) in [6.45, 7) is 0.970. The van der Waals surface area contributed by atoms with E-state index in [4.69, 9.17) is 4.74 Å². The summed E-state index contributed by atoms with van der Waals surface area (Å²) < 4.78 is 31.9. The lowest BCUT2D eigenvalue weighted by Crippen LogP contribution is -2.33. The van der Waals surface area contributed by atoms with Gasteiger partial charge in [-0.1, -0.05) is 12.1 Å². The van der Waals surface area contributed by atoms with Gasteiger partial charge in [0.15, 0.2) is 0 Å². The lowest BCUT2D eigenvalue weighted by molar-refractivity contribution is 0.392. The van der Waals surface area contributed by atoms with E-state index in [-0.39, 0.29) is 6.54 Å². The Bertz CT molecular complexity index is 592. The molecule has 1 heterocycles. The van der Waals surface area contributed by atoms with Crippen molar-refractivity contribution in [1.82, 2.24) is 8.61 Å². The number of hydrogen-bond acceptors (Lipinski definition) is 5. The van der Waals surface area contributed by atoms with Gasteiger partial charge in [0.2, 0.25) is 0 Å². The van der Waals surface area contributed by atoms with Crippen molar-refractivity contribution in [2.24, 2.45) is 0 Å². The Morgan fingerprint density at radius 3 is 2.55 bits per heavy atom. The zero-order valence-electron chi connectivity index (χ0n) is 11.4. The first kappa shape index (κ1) is 15.3. The van der Waals surface area contributed by atoms with Crippen LogP contribution < -0.4 is 10.2 Å². The van der Waals surface area contributed by atoms with Gasteiger partial charge >= 0.3 is 7.12 Å². The van der Waals surface area contributed by atoms with E-state index in [0.29, 0.717) is 29.9 Å².